The average molecular weight is 604 g/mol. The highest BCUT2D eigenvalue weighted by molar-refractivity contribution is 7.87. The highest BCUT2D eigenvalue weighted by Crippen LogP contribution is 2.46. The predicted octanol–water partition coefficient (Wildman–Crippen LogP) is 3.59. The fraction of sp³-hybridized carbons (Fsp3) is 0.406. The number of hydrogen-bond acceptors (Lipinski definition) is 5. The molecule has 1 aromatic heterocycles. The van der Waals surface area contributed by atoms with Crippen LogP contribution < -0.4 is 4.72 Å². The van der Waals surface area contributed by atoms with Crippen molar-refractivity contribution >= 4 is 44.9 Å². The smallest absolute Gasteiger partial charge is 0.303 e. The maximum atomic E-state index is 14.0. The van der Waals surface area contributed by atoms with Crippen LogP contribution in [0.4, 0.5) is 0 Å². The van der Waals surface area contributed by atoms with Gasteiger partial charge in [-0.25, -0.2) is 4.72 Å². The summed E-state index contributed by atoms with van der Waals surface area (Å²) in [6, 6.07) is 13.4. The van der Waals surface area contributed by atoms with E-state index in [0.29, 0.717) is 24.6 Å². The Labute approximate surface area is 252 Å². The number of carbonyl (C=O) groups is 3. The Bertz CT molecular complexity index is 1770. The van der Waals surface area contributed by atoms with Crippen molar-refractivity contribution in [1.82, 2.24) is 23.4 Å². The molecule has 11 heteroatoms. The fourth-order valence-electron chi connectivity index (χ4n) is 6.55. The van der Waals surface area contributed by atoms with E-state index in [0.717, 1.165) is 57.7 Å². The zero-order valence-corrected chi connectivity index (χ0v) is 25.6. The Morgan fingerprint density at radius 2 is 1.72 bits per heavy atom. The molecule has 2 aliphatic heterocycles. The Hall–Kier alpha value is -3.96. The van der Waals surface area contributed by atoms with Crippen molar-refractivity contribution < 1.29 is 22.8 Å². The zero-order chi connectivity index (χ0) is 30.5. The van der Waals surface area contributed by atoms with Crippen LogP contribution in [0.5, 0.6) is 0 Å². The van der Waals surface area contributed by atoms with Gasteiger partial charge >= 0.3 is 10.2 Å². The van der Waals surface area contributed by atoms with Crippen LogP contribution in [0.25, 0.3) is 28.2 Å². The highest BCUT2D eigenvalue weighted by Gasteiger charge is 2.33. The van der Waals surface area contributed by atoms with Gasteiger partial charge in [-0.05, 0) is 48.1 Å². The van der Waals surface area contributed by atoms with Gasteiger partial charge in [-0.3, -0.25) is 14.4 Å². The topological polar surface area (TPSA) is 112 Å². The first-order valence-corrected chi connectivity index (χ1v) is 16.2. The molecule has 3 aromatic rings. The maximum Gasteiger partial charge on any atom is 0.303 e. The fourth-order valence-corrected chi connectivity index (χ4v) is 7.09. The van der Waals surface area contributed by atoms with Gasteiger partial charge in [0.15, 0.2) is 0 Å². The van der Waals surface area contributed by atoms with Crippen molar-refractivity contribution in [2.45, 2.75) is 44.6 Å². The normalized spacial score (nSPS) is 17.9. The van der Waals surface area contributed by atoms with E-state index in [4.69, 9.17) is 0 Å². The van der Waals surface area contributed by atoms with Crippen molar-refractivity contribution in [3.05, 3.63) is 64.7 Å². The maximum absolute atomic E-state index is 14.0. The Balaban J connectivity index is 1.52. The minimum atomic E-state index is -3.98. The van der Waals surface area contributed by atoms with E-state index >= 15 is 0 Å². The quantitative estimate of drug-likeness (QED) is 0.479. The lowest BCUT2D eigenvalue weighted by atomic mass is 9.81. The molecule has 0 radical (unpaired) electrons. The van der Waals surface area contributed by atoms with Crippen LogP contribution in [-0.2, 0) is 26.3 Å². The number of carbonyl (C=O) groups excluding carboxylic acids is 3. The molecular weight excluding hydrogens is 566 g/mol. The number of rotatable bonds is 5. The second-order valence-electron chi connectivity index (χ2n) is 11.9. The molecule has 10 nitrogen and oxygen atoms in total. The van der Waals surface area contributed by atoms with Gasteiger partial charge in [0.05, 0.1) is 12.2 Å². The SMILES string of the molecule is CN1CCN(C(=O)C2=Cc3ccccc3-c3c(C4CCCCC4)c4ccc(C(=O)NS(=O)(=O)N(C)C)cc4n3C2)CC1=O. The monoisotopic (exact) mass is 603 g/mol. The standard InChI is InChI=1S/C32H37N5O5S/c1-34(2)43(41,42)33-31(39)23-13-14-26-27(18-23)37-19-24(32(40)36-16-15-35(3)28(38)20-36)17-22-11-7-8-12-25(22)30(37)29(26)21-9-5-4-6-10-21/h7-8,11-14,17-18,21H,4-6,9-10,15-16,19-20H2,1-3H3,(H,33,39). The summed E-state index contributed by atoms with van der Waals surface area (Å²) in [6.45, 7) is 1.23. The molecule has 0 spiro atoms. The molecule has 3 heterocycles. The molecule has 43 heavy (non-hydrogen) atoms. The summed E-state index contributed by atoms with van der Waals surface area (Å²) in [6.07, 6.45) is 7.53. The Morgan fingerprint density at radius 1 is 0.977 bits per heavy atom. The first-order valence-electron chi connectivity index (χ1n) is 14.8. The molecule has 2 aromatic carbocycles. The van der Waals surface area contributed by atoms with E-state index in [1.165, 1.54) is 26.1 Å². The number of piperazine rings is 1. The van der Waals surface area contributed by atoms with E-state index in [2.05, 4.69) is 15.4 Å². The number of benzene rings is 2. The molecule has 3 aliphatic rings. The largest absolute Gasteiger partial charge is 0.342 e. The predicted molar refractivity (Wildman–Crippen MR) is 165 cm³/mol. The van der Waals surface area contributed by atoms with E-state index in [1.54, 1.807) is 29.0 Å². The van der Waals surface area contributed by atoms with Crippen LogP contribution in [0.3, 0.4) is 0 Å². The van der Waals surface area contributed by atoms with Crippen molar-refractivity contribution in [1.29, 1.82) is 0 Å². The van der Waals surface area contributed by atoms with Gasteiger partial charge in [-0.15, -0.1) is 0 Å². The zero-order valence-electron chi connectivity index (χ0n) is 24.8. The van der Waals surface area contributed by atoms with Crippen molar-refractivity contribution in [2.24, 2.45) is 0 Å². The van der Waals surface area contributed by atoms with Gasteiger partial charge in [0.2, 0.25) is 5.91 Å². The van der Waals surface area contributed by atoms with Gasteiger partial charge in [0.25, 0.3) is 11.8 Å². The van der Waals surface area contributed by atoms with Crippen LogP contribution in [0, 0.1) is 0 Å². The van der Waals surface area contributed by atoms with E-state index in [-0.39, 0.29) is 30.5 Å². The highest BCUT2D eigenvalue weighted by atomic mass is 32.2. The molecule has 6 rings (SSSR count). The summed E-state index contributed by atoms with van der Waals surface area (Å²) >= 11 is 0. The third-order valence-electron chi connectivity index (χ3n) is 8.97. The molecule has 226 valence electrons. The van der Waals surface area contributed by atoms with Gasteiger partial charge in [0.1, 0.15) is 6.54 Å². The third kappa shape index (κ3) is 5.36. The second kappa shape index (κ2) is 11.3. The third-order valence-corrected chi connectivity index (χ3v) is 10.4. The van der Waals surface area contributed by atoms with E-state index in [9.17, 15) is 22.8 Å². The molecular formula is C32H37N5O5S. The molecule has 0 bridgehead atoms. The molecule has 0 unspecified atom stereocenters. The molecule has 3 amide bonds. The van der Waals surface area contributed by atoms with Gasteiger partial charge < -0.3 is 14.4 Å². The van der Waals surface area contributed by atoms with Crippen molar-refractivity contribution in [3.63, 3.8) is 0 Å². The first kappa shape index (κ1) is 29.1. The lowest BCUT2D eigenvalue weighted by Crippen LogP contribution is -2.51. The number of fused-ring (bicyclic) bond motifs is 5. The molecule has 1 aliphatic carbocycles. The Kier molecular flexibility index (Phi) is 7.64. The van der Waals surface area contributed by atoms with Crippen LogP contribution in [0.15, 0.2) is 48.0 Å². The summed E-state index contributed by atoms with van der Waals surface area (Å²) in [7, 11) is 0.485. The summed E-state index contributed by atoms with van der Waals surface area (Å²) in [4.78, 5) is 42.8. The number of nitrogens with one attached hydrogen (secondary N) is 1. The second-order valence-corrected chi connectivity index (χ2v) is 13.8. The number of likely N-dealkylation sites (N-methyl/N-ethyl adjacent to an activating group) is 1. The summed E-state index contributed by atoms with van der Waals surface area (Å²) in [5, 5.41) is 1.01. The molecule has 1 N–H and O–H groups in total. The number of amides is 3. The lowest BCUT2D eigenvalue weighted by Gasteiger charge is -2.32. The number of nitrogens with zero attached hydrogens (tertiary/aromatic N) is 4. The summed E-state index contributed by atoms with van der Waals surface area (Å²) in [5.74, 6) is -0.676. The Morgan fingerprint density at radius 3 is 2.44 bits per heavy atom. The van der Waals surface area contributed by atoms with Gasteiger partial charge in [-0.2, -0.15) is 12.7 Å². The van der Waals surface area contributed by atoms with Gasteiger partial charge in [0, 0.05) is 61.8 Å². The van der Waals surface area contributed by atoms with Crippen LogP contribution in [0.2, 0.25) is 0 Å². The van der Waals surface area contributed by atoms with Gasteiger partial charge in [-0.1, -0.05) is 49.6 Å². The van der Waals surface area contributed by atoms with E-state index < -0.39 is 16.1 Å². The van der Waals surface area contributed by atoms with Crippen molar-refractivity contribution in [2.75, 3.05) is 40.8 Å². The first-order chi connectivity index (χ1) is 20.5. The van der Waals surface area contributed by atoms with Crippen LogP contribution in [-0.4, -0.2) is 85.6 Å². The number of aromatic nitrogens is 1. The lowest BCUT2D eigenvalue weighted by molar-refractivity contribution is -0.142. The number of hydrogen-bond donors (Lipinski definition) is 1. The average Bonchev–Trinajstić information content (AvgIpc) is 3.20. The minimum Gasteiger partial charge on any atom is -0.342 e. The molecule has 1 saturated heterocycles. The molecule has 0 atom stereocenters. The molecule has 1 saturated carbocycles. The minimum absolute atomic E-state index is 0.0333. The summed E-state index contributed by atoms with van der Waals surface area (Å²) in [5.41, 5.74) is 5.73. The van der Waals surface area contributed by atoms with Crippen LogP contribution >= 0.6 is 0 Å². The summed E-state index contributed by atoms with van der Waals surface area (Å²) < 4.78 is 30.1. The van der Waals surface area contributed by atoms with Crippen LogP contribution in [0.1, 0.15) is 59.5 Å². The van der Waals surface area contributed by atoms with Crippen molar-refractivity contribution in [3.8, 4) is 11.3 Å². The molecule has 2 fully saturated rings. The van der Waals surface area contributed by atoms with E-state index in [1.807, 2.05) is 30.3 Å².